The third kappa shape index (κ3) is 3.34. The van der Waals surface area contributed by atoms with Crippen molar-refractivity contribution >= 4 is 33.3 Å². The number of hydrogen-bond donors (Lipinski definition) is 2. The molecular formula is C12H12ClN3O4S. The van der Waals surface area contributed by atoms with Crippen molar-refractivity contribution in [2.24, 2.45) is 0 Å². The summed E-state index contributed by atoms with van der Waals surface area (Å²) in [6, 6.07) is 3.86. The zero-order valence-electron chi connectivity index (χ0n) is 10.9. The van der Waals surface area contributed by atoms with Crippen molar-refractivity contribution in [3.8, 4) is 0 Å². The van der Waals surface area contributed by atoms with Gasteiger partial charge in [-0.3, -0.25) is 9.40 Å². The highest BCUT2D eigenvalue weighted by atomic mass is 35.5. The van der Waals surface area contributed by atoms with Crippen LogP contribution in [-0.2, 0) is 16.6 Å². The Hall–Kier alpha value is -2.06. The zero-order chi connectivity index (χ0) is 15.6. The molecule has 1 aromatic heterocycles. The highest BCUT2D eigenvalue weighted by Crippen LogP contribution is 2.22. The predicted molar refractivity (Wildman–Crippen MR) is 77.1 cm³/mol. The highest BCUT2D eigenvalue weighted by molar-refractivity contribution is 7.92. The van der Waals surface area contributed by atoms with Gasteiger partial charge in [0.1, 0.15) is 4.90 Å². The van der Waals surface area contributed by atoms with Gasteiger partial charge in [0, 0.05) is 18.4 Å². The molecular weight excluding hydrogens is 318 g/mol. The molecule has 0 aliphatic carbocycles. The molecule has 0 amide bonds. The first kappa shape index (κ1) is 15.3. The molecule has 2 rings (SSSR count). The second-order valence-electron chi connectivity index (χ2n) is 4.14. The molecule has 0 bridgehead atoms. The minimum Gasteiger partial charge on any atom is -0.478 e. The number of anilines is 1. The van der Waals surface area contributed by atoms with E-state index in [0.717, 1.165) is 6.07 Å². The lowest BCUT2D eigenvalue weighted by Gasteiger charge is -2.07. The summed E-state index contributed by atoms with van der Waals surface area (Å²) in [5, 5.41) is 12.9. The number of aromatic nitrogens is 2. The van der Waals surface area contributed by atoms with Crippen molar-refractivity contribution in [1.29, 1.82) is 0 Å². The predicted octanol–water partition coefficient (Wildman–Crippen LogP) is 2.06. The van der Waals surface area contributed by atoms with Crippen LogP contribution in [0.3, 0.4) is 0 Å². The van der Waals surface area contributed by atoms with Crippen LogP contribution in [0.4, 0.5) is 5.69 Å². The van der Waals surface area contributed by atoms with Crippen LogP contribution in [0.25, 0.3) is 0 Å². The molecule has 112 valence electrons. The summed E-state index contributed by atoms with van der Waals surface area (Å²) < 4.78 is 28.1. The maximum absolute atomic E-state index is 12.2. The molecule has 0 aliphatic rings. The van der Waals surface area contributed by atoms with Gasteiger partial charge in [-0.15, -0.1) is 0 Å². The number of carboxylic acid groups (broad SMARTS) is 1. The molecule has 1 aromatic carbocycles. The van der Waals surface area contributed by atoms with Crippen LogP contribution in [0.5, 0.6) is 0 Å². The number of aryl methyl sites for hydroxylation is 1. The molecule has 0 fully saturated rings. The standard InChI is InChI=1S/C12H12ClN3O4S/c1-2-16-7-9(6-14-16)21(19,20)15-8-3-4-11(13)10(5-8)12(17)18/h3-7,15H,2H2,1H3,(H,17,18). The van der Waals surface area contributed by atoms with Gasteiger partial charge in [0.25, 0.3) is 10.0 Å². The SMILES string of the molecule is CCn1cc(S(=O)(=O)Nc2ccc(Cl)c(C(=O)O)c2)cn1. The molecule has 0 spiro atoms. The van der Waals surface area contributed by atoms with Gasteiger partial charge < -0.3 is 5.11 Å². The third-order valence-electron chi connectivity index (χ3n) is 2.69. The summed E-state index contributed by atoms with van der Waals surface area (Å²) in [5.41, 5.74) is -0.0674. The van der Waals surface area contributed by atoms with Gasteiger partial charge in [-0.25, -0.2) is 13.2 Å². The normalized spacial score (nSPS) is 11.3. The fraction of sp³-hybridized carbons (Fsp3) is 0.167. The summed E-state index contributed by atoms with van der Waals surface area (Å²) in [6.45, 7) is 2.37. The molecule has 0 saturated carbocycles. The van der Waals surface area contributed by atoms with Crippen molar-refractivity contribution < 1.29 is 18.3 Å². The maximum atomic E-state index is 12.2. The number of sulfonamides is 1. The Kier molecular flexibility index (Phi) is 4.19. The smallest absolute Gasteiger partial charge is 0.337 e. The number of hydrogen-bond acceptors (Lipinski definition) is 4. The van der Waals surface area contributed by atoms with E-state index in [2.05, 4.69) is 9.82 Å². The van der Waals surface area contributed by atoms with Crippen LogP contribution >= 0.6 is 11.6 Å². The van der Waals surface area contributed by atoms with Crippen LogP contribution < -0.4 is 4.72 Å². The molecule has 0 unspecified atom stereocenters. The Morgan fingerprint density at radius 2 is 2.19 bits per heavy atom. The summed E-state index contributed by atoms with van der Waals surface area (Å²) in [6.07, 6.45) is 2.61. The van der Waals surface area contributed by atoms with E-state index in [1.165, 1.54) is 29.2 Å². The van der Waals surface area contributed by atoms with E-state index in [0.29, 0.717) is 6.54 Å². The molecule has 0 aliphatic heterocycles. The van der Waals surface area contributed by atoms with E-state index in [1.807, 2.05) is 6.92 Å². The second kappa shape index (κ2) is 5.74. The maximum Gasteiger partial charge on any atom is 0.337 e. The monoisotopic (exact) mass is 329 g/mol. The molecule has 2 aromatic rings. The Balaban J connectivity index is 2.32. The van der Waals surface area contributed by atoms with Crippen molar-refractivity contribution in [3.63, 3.8) is 0 Å². The van der Waals surface area contributed by atoms with Gasteiger partial charge in [-0.1, -0.05) is 11.6 Å². The van der Waals surface area contributed by atoms with E-state index in [9.17, 15) is 13.2 Å². The minimum atomic E-state index is -3.83. The van der Waals surface area contributed by atoms with Gasteiger partial charge in [0.15, 0.2) is 0 Å². The van der Waals surface area contributed by atoms with E-state index in [1.54, 1.807) is 0 Å². The highest BCUT2D eigenvalue weighted by Gasteiger charge is 2.18. The van der Waals surface area contributed by atoms with Crippen LogP contribution in [-0.4, -0.2) is 29.3 Å². The number of benzene rings is 1. The molecule has 0 atom stereocenters. The minimum absolute atomic E-state index is 0.00354. The first-order valence-electron chi connectivity index (χ1n) is 5.91. The number of rotatable bonds is 5. The van der Waals surface area contributed by atoms with Crippen molar-refractivity contribution in [2.45, 2.75) is 18.4 Å². The molecule has 21 heavy (non-hydrogen) atoms. The molecule has 0 saturated heterocycles. The van der Waals surface area contributed by atoms with Crippen LogP contribution in [0.1, 0.15) is 17.3 Å². The Labute approximate surface area is 126 Å². The van der Waals surface area contributed by atoms with E-state index in [4.69, 9.17) is 16.7 Å². The number of carboxylic acids is 1. The summed E-state index contributed by atoms with van der Waals surface area (Å²) in [5.74, 6) is -1.24. The van der Waals surface area contributed by atoms with Crippen molar-refractivity contribution in [1.82, 2.24) is 9.78 Å². The molecule has 2 N–H and O–H groups in total. The average molecular weight is 330 g/mol. The van der Waals surface area contributed by atoms with Gasteiger partial charge in [0.05, 0.1) is 16.8 Å². The number of aromatic carboxylic acids is 1. The summed E-state index contributed by atoms with van der Waals surface area (Å²) in [4.78, 5) is 11.0. The quantitative estimate of drug-likeness (QED) is 0.874. The van der Waals surface area contributed by atoms with Gasteiger partial charge in [0.2, 0.25) is 0 Å². The number of carbonyl (C=O) groups is 1. The Morgan fingerprint density at radius 3 is 2.76 bits per heavy atom. The Bertz CT molecular complexity index is 786. The van der Waals surface area contributed by atoms with Crippen molar-refractivity contribution in [2.75, 3.05) is 4.72 Å². The van der Waals surface area contributed by atoms with Gasteiger partial charge in [-0.2, -0.15) is 5.10 Å². The first-order chi connectivity index (χ1) is 9.83. The lowest BCUT2D eigenvalue weighted by molar-refractivity contribution is 0.0697. The van der Waals surface area contributed by atoms with Crippen LogP contribution in [0, 0.1) is 0 Å². The first-order valence-corrected chi connectivity index (χ1v) is 7.77. The summed E-state index contributed by atoms with van der Waals surface area (Å²) in [7, 11) is -3.83. The molecule has 7 nitrogen and oxygen atoms in total. The van der Waals surface area contributed by atoms with E-state index in [-0.39, 0.29) is 21.2 Å². The van der Waals surface area contributed by atoms with E-state index >= 15 is 0 Å². The fourth-order valence-electron chi connectivity index (χ4n) is 1.62. The van der Waals surface area contributed by atoms with Gasteiger partial charge >= 0.3 is 5.97 Å². The Morgan fingerprint density at radius 1 is 1.48 bits per heavy atom. The lowest BCUT2D eigenvalue weighted by Crippen LogP contribution is -2.13. The van der Waals surface area contributed by atoms with Crippen LogP contribution in [0.15, 0.2) is 35.5 Å². The lowest BCUT2D eigenvalue weighted by atomic mass is 10.2. The largest absolute Gasteiger partial charge is 0.478 e. The molecule has 9 heteroatoms. The topological polar surface area (TPSA) is 101 Å². The summed E-state index contributed by atoms with van der Waals surface area (Å²) >= 11 is 5.73. The second-order valence-corrected chi connectivity index (χ2v) is 6.23. The van der Waals surface area contributed by atoms with E-state index < -0.39 is 16.0 Å². The third-order valence-corrected chi connectivity index (χ3v) is 4.36. The van der Waals surface area contributed by atoms with Gasteiger partial charge in [-0.05, 0) is 25.1 Å². The number of nitrogens with zero attached hydrogens (tertiary/aromatic N) is 2. The number of halogens is 1. The van der Waals surface area contributed by atoms with Crippen LogP contribution in [0.2, 0.25) is 5.02 Å². The molecule has 0 radical (unpaired) electrons. The van der Waals surface area contributed by atoms with Crippen molar-refractivity contribution in [3.05, 3.63) is 41.2 Å². The number of nitrogens with one attached hydrogen (secondary N) is 1. The average Bonchev–Trinajstić information content (AvgIpc) is 2.90. The fourth-order valence-corrected chi connectivity index (χ4v) is 2.82. The molecule has 1 heterocycles. The zero-order valence-corrected chi connectivity index (χ0v) is 12.5.